The maximum absolute atomic E-state index is 12.1. The number of hydrogen-bond donors (Lipinski definition) is 2. The molecule has 0 fully saturated rings. The van der Waals surface area contributed by atoms with Gasteiger partial charge in [-0.3, -0.25) is 9.45 Å². The van der Waals surface area contributed by atoms with Crippen molar-refractivity contribution >= 4 is 15.8 Å². The van der Waals surface area contributed by atoms with Crippen LogP contribution >= 0.6 is 0 Å². The van der Waals surface area contributed by atoms with Gasteiger partial charge in [-0.1, -0.05) is 24.3 Å². The molecular formula is C26H26N2O5S. The minimum atomic E-state index is -4.63. The van der Waals surface area contributed by atoms with Gasteiger partial charge in [0.25, 0.3) is 10.1 Å². The van der Waals surface area contributed by atoms with Gasteiger partial charge in [-0.05, 0) is 65.9 Å². The van der Waals surface area contributed by atoms with E-state index < -0.39 is 26.9 Å². The van der Waals surface area contributed by atoms with E-state index in [0.717, 1.165) is 46.5 Å². The Morgan fingerprint density at radius 2 is 1.79 bits per heavy atom. The summed E-state index contributed by atoms with van der Waals surface area (Å²) in [5, 5.41) is 11.0. The largest absolute Gasteiger partial charge is 0.503 e. The number of anilines is 1. The van der Waals surface area contributed by atoms with Crippen LogP contribution in [0, 0.1) is 0 Å². The molecule has 176 valence electrons. The maximum atomic E-state index is 12.1. The molecule has 0 unspecified atom stereocenters. The molecule has 3 aliphatic rings. The summed E-state index contributed by atoms with van der Waals surface area (Å²) in [6.45, 7) is 0.911. The van der Waals surface area contributed by atoms with Crippen molar-refractivity contribution in [1.29, 1.82) is 0 Å². The van der Waals surface area contributed by atoms with Crippen LogP contribution < -0.4 is 9.64 Å². The molecule has 2 aliphatic heterocycles. The third-order valence-electron chi connectivity index (χ3n) is 7.44. The van der Waals surface area contributed by atoms with E-state index in [2.05, 4.69) is 24.1 Å². The average Bonchev–Trinajstić information content (AvgIpc) is 2.80. The van der Waals surface area contributed by atoms with E-state index in [9.17, 15) is 18.1 Å². The Hall–Kier alpha value is -3.07. The third-order valence-corrected chi connectivity index (χ3v) is 8.31. The fraction of sp³-hybridized carbons (Fsp3) is 0.308. The summed E-state index contributed by atoms with van der Waals surface area (Å²) in [7, 11) is 1.40. The van der Waals surface area contributed by atoms with Gasteiger partial charge in [0.15, 0.2) is 11.5 Å². The zero-order valence-electron chi connectivity index (χ0n) is 19.2. The van der Waals surface area contributed by atoms with Crippen molar-refractivity contribution in [3.63, 3.8) is 0 Å². The van der Waals surface area contributed by atoms with Gasteiger partial charge in [-0.15, -0.1) is 0 Å². The molecule has 0 saturated heterocycles. The van der Waals surface area contributed by atoms with Crippen LogP contribution in [0.1, 0.15) is 40.0 Å². The zero-order chi connectivity index (χ0) is 23.9. The van der Waals surface area contributed by atoms with Crippen molar-refractivity contribution in [2.24, 2.45) is 0 Å². The second-order valence-corrected chi connectivity index (χ2v) is 11.0. The molecule has 3 aromatic rings. The summed E-state index contributed by atoms with van der Waals surface area (Å²) in [6, 6.07) is 13.8. The molecule has 0 saturated carbocycles. The highest BCUT2D eigenvalue weighted by molar-refractivity contribution is 7.86. The zero-order valence-corrected chi connectivity index (χ0v) is 20.1. The highest BCUT2D eigenvalue weighted by Gasteiger charge is 2.42. The van der Waals surface area contributed by atoms with Crippen LogP contribution in [0.3, 0.4) is 0 Å². The quantitative estimate of drug-likeness (QED) is 0.551. The number of hydrogen-bond acceptors (Lipinski definition) is 6. The van der Waals surface area contributed by atoms with E-state index in [-0.39, 0.29) is 11.8 Å². The first-order valence-corrected chi connectivity index (χ1v) is 12.8. The van der Waals surface area contributed by atoms with Gasteiger partial charge >= 0.3 is 0 Å². The molecule has 2 N–H and O–H groups in total. The fourth-order valence-corrected chi connectivity index (χ4v) is 6.34. The number of ether oxygens (including phenoxy) is 1. The number of phenolic OH excluding ortho intramolecular Hbond substituents is 1. The standard InChI is InChI=1S/C26H26N2O5S/c1-27(2)17-7-4-15(5-8-17)25-18-9-6-14-10-11-28(3)19-12-16-13-20(34(30,31)32)24(29)26(33-25)22(16)23(18)21(14)19/h4-9,13,19,25,29H,10-12H2,1-3H3,(H,30,31,32)/t19-,25-/m1/s1. The molecule has 0 aromatic heterocycles. The van der Waals surface area contributed by atoms with Crippen LogP contribution in [0.25, 0.3) is 11.1 Å². The lowest BCUT2D eigenvalue weighted by atomic mass is 9.73. The molecule has 3 aromatic carbocycles. The molecule has 0 amide bonds. The molecule has 34 heavy (non-hydrogen) atoms. The van der Waals surface area contributed by atoms with Gasteiger partial charge in [-0.25, -0.2) is 0 Å². The summed E-state index contributed by atoms with van der Waals surface area (Å²) in [5.41, 5.74) is 7.98. The third kappa shape index (κ3) is 2.99. The molecular weight excluding hydrogens is 452 g/mol. The number of aromatic hydroxyl groups is 1. The Labute approximate surface area is 199 Å². The van der Waals surface area contributed by atoms with Crippen LogP contribution in [0.4, 0.5) is 5.69 Å². The molecule has 6 rings (SSSR count). The molecule has 7 nitrogen and oxygen atoms in total. The van der Waals surface area contributed by atoms with Crippen molar-refractivity contribution in [3.8, 4) is 22.6 Å². The van der Waals surface area contributed by atoms with Crippen LogP contribution in [0.15, 0.2) is 47.4 Å². The van der Waals surface area contributed by atoms with Crippen LogP contribution in [-0.2, 0) is 23.0 Å². The molecule has 2 heterocycles. The predicted octanol–water partition coefficient (Wildman–Crippen LogP) is 3.94. The normalized spacial score (nSPS) is 20.5. The minimum absolute atomic E-state index is 0.0905. The highest BCUT2D eigenvalue weighted by Crippen LogP contribution is 2.58. The second-order valence-electron chi connectivity index (χ2n) is 9.60. The summed E-state index contributed by atoms with van der Waals surface area (Å²) in [5.74, 6) is -0.415. The average molecular weight is 479 g/mol. The first-order valence-electron chi connectivity index (χ1n) is 11.3. The van der Waals surface area contributed by atoms with Crippen molar-refractivity contribution in [2.75, 3.05) is 32.6 Å². The number of nitrogens with zero attached hydrogens (tertiary/aromatic N) is 2. The van der Waals surface area contributed by atoms with Gasteiger partial charge in [0.05, 0.1) is 0 Å². The predicted molar refractivity (Wildman–Crippen MR) is 129 cm³/mol. The fourth-order valence-electron chi connectivity index (χ4n) is 5.71. The first kappa shape index (κ1) is 21.5. The molecule has 0 spiro atoms. The summed E-state index contributed by atoms with van der Waals surface area (Å²) < 4.78 is 40.5. The lowest BCUT2D eigenvalue weighted by molar-refractivity contribution is 0.213. The van der Waals surface area contributed by atoms with Gasteiger partial charge in [0.1, 0.15) is 11.0 Å². The van der Waals surface area contributed by atoms with Crippen LogP contribution in [0.5, 0.6) is 11.5 Å². The summed E-state index contributed by atoms with van der Waals surface area (Å²) in [4.78, 5) is 3.80. The van der Waals surface area contributed by atoms with E-state index in [4.69, 9.17) is 4.74 Å². The molecule has 0 bridgehead atoms. The lowest BCUT2D eigenvalue weighted by Gasteiger charge is -2.43. The Bertz CT molecular complexity index is 1450. The van der Waals surface area contributed by atoms with Gasteiger partial charge < -0.3 is 14.7 Å². The molecule has 1 aliphatic carbocycles. The topological polar surface area (TPSA) is 90.3 Å². The molecule has 8 heteroatoms. The number of benzene rings is 3. The van der Waals surface area contributed by atoms with E-state index >= 15 is 0 Å². The Morgan fingerprint density at radius 3 is 2.47 bits per heavy atom. The van der Waals surface area contributed by atoms with Gasteiger partial charge in [-0.2, -0.15) is 8.42 Å². The van der Waals surface area contributed by atoms with Crippen LogP contribution in [-0.4, -0.2) is 50.7 Å². The monoisotopic (exact) mass is 478 g/mol. The van der Waals surface area contributed by atoms with E-state index in [1.807, 2.05) is 43.3 Å². The van der Waals surface area contributed by atoms with Crippen molar-refractivity contribution in [1.82, 2.24) is 4.90 Å². The van der Waals surface area contributed by atoms with Crippen molar-refractivity contribution in [2.45, 2.75) is 29.9 Å². The number of rotatable bonds is 3. The van der Waals surface area contributed by atoms with Crippen LogP contribution in [0.2, 0.25) is 0 Å². The van der Waals surface area contributed by atoms with Crippen molar-refractivity contribution < 1.29 is 22.8 Å². The Balaban J connectivity index is 1.65. The number of phenols is 1. The smallest absolute Gasteiger partial charge is 0.298 e. The Kier molecular flexibility index (Phi) is 4.55. The minimum Gasteiger partial charge on any atom is -0.503 e. The van der Waals surface area contributed by atoms with Crippen molar-refractivity contribution in [3.05, 3.63) is 70.3 Å². The van der Waals surface area contributed by atoms with Gasteiger partial charge in [0.2, 0.25) is 0 Å². The van der Waals surface area contributed by atoms with E-state index in [1.54, 1.807) is 0 Å². The SMILES string of the molecule is CN(C)c1ccc([C@H]2Oc3c(O)c(S(=O)(=O)O)cc4c3-c3c2ccc2c3[C@@H](C4)N(C)CC2)cc1. The van der Waals surface area contributed by atoms with E-state index in [1.165, 1.54) is 17.2 Å². The lowest BCUT2D eigenvalue weighted by Crippen LogP contribution is -2.37. The molecule has 0 radical (unpaired) electrons. The second kappa shape index (κ2) is 7.21. The molecule has 2 atom stereocenters. The maximum Gasteiger partial charge on any atom is 0.298 e. The first-order chi connectivity index (χ1) is 16.1. The van der Waals surface area contributed by atoms with E-state index in [0.29, 0.717) is 6.42 Å². The highest BCUT2D eigenvalue weighted by atomic mass is 32.2. The number of likely N-dealkylation sites (N-methyl/N-ethyl adjacent to an activating group) is 1. The van der Waals surface area contributed by atoms with Gasteiger partial charge in [0, 0.05) is 43.5 Å². The summed E-state index contributed by atoms with van der Waals surface area (Å²) >= 11 is 0. The summed E-state index contributed by atoms with van der Waals surface area (Å²) in [6.07, 6.45) is 0.986. The Morgan fingerprint density at radius 1 is 1.06 bits per heavy atom.